The van der Waals surface area contributed by atoms with Crippen molar-refractivity contribution in [3.05, 3.63) is 0 Å². The summed E-state index contributed by atoms with van der Waals surface area (Å²) in [4.78, 5) is 32.1. The van der Waals surface area contributed by atoms with Crippen LogP contribution in [0.3, 0.4) is 0 Å². The third-order valence-corrected chi connectivity index (χ3v) is 12.0. The maximum Gasteiger partial charge on any atom is 0.225 e. The molecule has 0 aromatic rings. The van der Waals surface area contributed by atoms with Gasteiger partial charge in [0, 0.05) is 43.9 Å². The van der Waals surface area contributed by atoms with Crippen molar-refractivity contribution in [3.8, 4) is 12.3 Å². The van der Waals surface area contributed by atoms with Crippen LogP contribution in [0.25, 0.3) is 0 Å². The molecule has 3 saturated carbocycles. The normalized spacial score (nSPS) is 27.1. The molecule has 0 aromatic carbocycles. The van der Waals surface area contributed by atoms with Crippen molar-refractivity contribution in [2.75, 3.05) is 31.9 Å². The van der Waals surface area contributed by atoms with Gasteiger partial charge < -0.3 is 20.4 Å². The molecule has 11 heteroatoms. The summed E-state index contributed by atoms with van der Waals surface area (Å²) in [5.74, 6) is 2.18. The number of terminal acetylenes is 1. The van der Waals surface area contributed by atoms with Gasteiger partial charge in [-0.15, -0.1) is 17.2 Å². The highest BCUT2D eigenvalue weighted by Gasteiger charge is 2.39. The Morgan fingerprint density at radius 1 is 0.872 bits per heavy atom. The second kappa shape index (κ2) is 20.1. The quantitative estimate of drug-likeness (QED) is 0.126. The topological polar surface area (TPSA) is 139 Å². The molecule has 0 aromatic heterocycles. The highest BCUT2D eigenvalue weighted by molar-refractivity contribution is 7.89. The summed E-state index contributed by atoms with van der Waals surface area (Å²) in [5.41, 5.74) is 0. The average molecular weight is 681 g/mol. The Kier molecular flexibility index (Phi) is 17.0. The number of nitrogens with zero attached hydrogens (tertiary/aromatic N) is 2. The molecule has 2 amide bonds. The predicted molar refractivity (Wildman–Crippen MR) is 186 cm³/mol. The molecule has 270 valence electrons. The number of hydrazine groups is 1. The van der Waals surface area contributed by atoms with Gasteiger partial charge in [-0.25, -0.2) is 13.4 Å². The van der Waals surface area contributed by atoms with Crippen molar-refractivity contribution in [1.82, 2.24) is 20.1 Å². The third kappa shape index (κ3) is 13.3. The lowest BCUT2D eigenvalue weighted by Crippen LogP contribution is -2.55. The number of nitrogens with one attached hydrogen (secondary N) is 2. The number of sulfonamides is 1. The summed E-state index contributed by atoms with van der Waals surface area (Å²) in [6.07, 6.45) is 17.1. The van der Waals surface area contributed by atoms with Gasteiger partial charge in [-0.3, -0.25) is 9.59 Å². The fourth-order valence-electron chi connectivity index (χ4n) is 8.05. The number of aliphatic hydroxyl groups excluding tert-OH is 2. The highest BCUT2D eigenvalue weighted by Crippen LogP contribution is 2.35. The van der Waals surface area contributed by atoms with Gasteiger partial charge in [-0.2, -0.15) is 0 Å². The number of carbonyl (C=O) groups is 2. The molecule has 3 rings (SSSR count). The van der Waals surface area contributed by atoms with E-state index in [0.717, 1.165) is 57.8 Å². The van der Waals surface area contributed by atoms with E-state index in [1.165, 1.54) is 0 Å². The first-order valence-corrected chi connectivity index (χ1v) is 20.3. The van der Waals surface area contributed by atoms with Gasteiger partial charge in [0.15, 0.2) is 0 Å². The van der Waals surface area contributed by atoms with Crippen molar-refractivity contribution < 1.29 is 28.2 Å². The summed E-state index contributed by atoms with van der Waals surface area (Å²) in [7, 11) is -3.59. The molecule has 3 aliphatic carbocycles. The smallest absolute Gasteiger partial charge is 0.225 e. The SMILES string of the molecule is C#CC1CC(C(=O)NC(CC2CCC(O)CC2)C(O)CN(CCC)NS(=O)(=O)CC2CCCCC2)CC(C(=O)N(CCC)CCC)C1. The van der Waals surface area contributed by atoms with E-state index in [1.807, 2.05) is 11.8 Å². The van der Waals surface area contributed by atoms with Gasteiger partial charge in [0.25, 0.3) is 0 Å². The van der Waals surface area contributed by atoms with Crippen LogP contribution in [-0.2, 0) is 19.6 Å². The maximum atomic E-state index is 13.9. The predicted octanol–water partition coefficient (Wildman–Crippen LogP) is 4.21. The molecule has 0 aliphatic heterocycles. The number of amides is 2. The van der Waals surface area contributed by atoms with Gasteiger partial charge in [-0.05, 0) is 95.3 Å². The minimum absolute atomic E-state index is 0.0415. The molecule has 0 heterocycles. The van der Waals surface area contributed by atoms with Gasteiger partial charge in [0.05, 0.1) is 24.0 Å². The van der Waals surface area contributed by atoms with Crippen molar-refractivity contribution in [2.24, 2.45) is 29.6 Å². The monoisotopic (exact) mass is 680 g/mol. The standard InChI is InChI=1S/C36H64N4O6S/c1-5-18-39(19-6-2)36(44)31-22-27(8-4)21-30(24-31)35(43)37-33(23-28-14-16-32(41)17-15-28)34(42)25-40(20-7-3)38-47(45,46)26-29-12-10-9-11-13-29/h4,27-34,38,41-42H,5-7,9-26H2,1-3H3,(H,37,43). The first-order valence-electron chi connectivity index (χ1n) is 18.6. The summed E-state index contributed by atoms with van der Waals surface area (Å²) < 4.78 is 26.3. The minimum atomic E-state index is -3.59. The molecule has 0 saturated heterocycles. The third-order valence-electron chi connectivity index (χ3n) is 10.5. The molecule has 5 atom stereocenters. The van der Waals surface area contributed by atoms with E-state index in [-0.39, 0.29) is 53.9 Å². The van der Waals surface area contributed by atoms with Crippen LogP contribution >= 0.6 is 0 Å². The van der Waals surface area contributed by atoms with Crippen LogP contribution in [0.15, 0.2) is 0 Å². The zero-order valence-corrected chi connectivity index (χ0v) is 30.2. The second-order valence-corrected chi connectivity index (χ2v) is 16.5. The number of aliphatic hydroxyl groups is 2. The molecule has 3 fully saturated rings. The van der Waals surface area contributed by atoms with E-state index in [9.17, 15) is 28.2 Å². The Morgan fingerprint density at radius 3 is 2.09 bits per heavy atom. The van der Waals surface area contributed by atoms with Crippen molar-refractivity contribution >= 4 is 21.8 Å². The van der Waals surface area contributed by atoms with E-state index in [0.29, 0.717) is 64.6 Å². The molecule has 0 bridgehead atoms. The lowest BCUT2D eigenvalue weighted by atomic mass is 9.74. The lowest BCUT2D eigenvalue weighted by molar-refractivity contribution is -0.139. The summed E-state index contributed by atoms with van der Waals surface area (Å²) >= 11 is 0. The number of hydrogen-bond acceptors (Lipinski definition) is 7. The summed E-state index contributed by atoms with van der Waals surface area (Å²) in [6, 6.07) is -0.609. The molecule has 47 heavy (non-hydrogen) atoms. The Bertz CT molecular complexity index is 1090. The van der Waals surface area contributed by atoms with Gasteiger partial charge in [-0.1, -0.05) is 40.0 Å². The molecular weight excluding hydrogens is 616 g/mol. The fourth-order valence-corrected chi connectivity index (χ4v) is 9.64. The van der Waals surface area contributed by atoms with Crippen LogP contribution in [0.1, 0.15) is 124 Å². The van der Waals surface area contributed by atoms with Crippen LogP contribution in [0.2, 0.25) is 0 Å². The Balaban J connectivity index is 1.74. The molecular formula is C36H64N4O6S. The van der Waals surface area contributed by atoms with E-state index >= 15 is 0 Å². The molecule has 3 aliphatic rings. The first kappa shape index (κ1) is 39.7. The van der Waals surface area contributed by atoms with Crippen molar-refractivity contribution in [1.29, 1.82) is 0 Å². The zero-order chi connectivity index (χ0) is 34.4. The Labute approximate surface area is 285 Å². The van der Waals surface area contributed by atoms with Crippen LogP contribution in [0.5, 0.6) is 0 Å². The van der Waals surface area contributed by atoms with E-state index in [2.05, 4.69) is 29.9 Å². The van der Waals surface area contributed by atoms with E-state index in [4.69, 9.17) is 6.42 Å². The van der Waals surface area contributed by atoms with Crippen LogP contribution in [0.4, 0.5) is 0 Å². The summed E-state index contributed by atoms with van der Waals surface area (Å²) in [5, 5.41) is 26.5. The zero-order valence-electron chi connectivity index (χ0n) is 29.4. The minimum Gasteiger partial charge on any atom is -0.393 e. The second-order valence-electron chi connectivity index (χ2n) is 14.7. The van der Waals surface area contributed by atoms with E-state index < -0.39 is 28.1 Å². The molecule has 0 spiro atoms. The number of carbonyl (C=O) groups excluding carboxylic acids is 2. The van der Waals surface area contributed by atoms with Crippen molar-refractivity contribution in [3.63, 3.8) is 0 Å². The van der Waals surface area contributed by atoms with Gasteiger partial charge >= 0.3 is 0 Å². The molecule has 0 radical (unpaired) electrons. The molecule has 10 nitrogen and oxygen atoms in total. The first-order chi connectivity index (χ1) is 22.5. The van der Waals surface area contributed by atoms with Crippen LogP contribution < -0.4 is 10.1 Å². The fraction of sp³-hybridized carbons (Fsp3) is 0.889. The Hall–Kier alpha value is -1.71. The van der Waals surface area contributed by atoms with Gasteiger partial charge in [0.2, 0.25) is 21.8 Å². The van der Waals surface area contributed by atoms with Crippen LogP contribution in [-0.4, -0.2) is 90.5 Å². The molecule has 5 unspecified atom stereocenters. The van der Waals surface area contributed by atoms with E-state index in [1.54, 1.807) is 5.01 Å². The Morgan fingerprint density at radius 2 is 1.49 bits per heavy atom. The van der Waals surface area contributed by atoms with Crippen LogP contribution in [0, 0.1) is 41.9 Å². The molecule has 4 N–H and O–H groups in total. The average Bonchev–Trinajstić information content (AvgIpc) is 3.04. The van der Waals surface area contributed by atoms with Crippen molar-refractivity contribution in [2.45, 2.75) is 142 Å². The van der Waals surface area contributed by atoms with Gasteiger partial charge in [0.1, 0.15) is 0 Å². The summed E-state index contributed by atoms with van der Waals surface area (Å²) in [6.45, 7) is 7.91. The number of rotatable bonds is 18. The largest absolute Gasteiger partial charge is 0.393 e. The number of hydrogen-bond donors (Lipinski definition) is 4. The lowest BCUT2D eigenvalue weighted by Gasteiger charge is -2.37. The highest BCUT2D eigenvalue weighted by atomic mass is 32.2. The maximum absolute atomic E-state index is 13.9.